The van der Waals surface area contributed by atoms with Gasteiger partial charge < -0.3 is 14.4 Å². The van der Waals surface area contributed by atoms with E-state index in [2.05, 4.69) is 0 Å². The van der Waals surface area contributed by atoms with E-state index in [-0.39, 0.29) is 5.70 Å². The van der Waals surface area contributed by atoms with Crippen LogP contribution in [0.25, 0.3) is 6.08 Å². The van der Waals surface area contributed by atoms with Crippen LogP contribution in [0.2, 0.25) is 0 Å². The van der Waals surface area contributed by atoms with Gasteiger partial charge in [-0.2, -0.15) is 13.2 Å². The lowest BCUT2D eigenvalue weighted by molar-refractivity contribution is -0.168. The van der Waals surface area contributed by atoms with Crippen molar-refractivity contribution in [1.82, 2.24) is 4.90 Å². The third-order valence-corrected chi connectivity index (χ3v) is 3.55. The van der Waals surface area contributed by atoms with Crippen molar-refractivity contribution in [3.05, 3.63) is 29.5 Å². The van der Waals surface area contributed by atoms with Crippen LogP contribution in [0.4, 0.5) is 13.2 Å². The highest BCUT2D eigenvalue weighted by Crippen LogP contribution is 2.30. The van der Waals surface area contributed by atoms with E-state index in [0.717, 1.165) is 0 Å². The molecular weight excluding hydrogens is 335 g/mol. The van der Waals surface area contributed by atoms with E-state index in [4.69, 9.17) is 9.47 Å². The molecule has 0 aliphatic carbocycles. The average molecular weight is 359 g/mol. The third kappa shape index (κ3) is 5.69. The summed E-state index contributed by atoms with van der Waals surface area (Å²) in [5.41, 5.74) is -0.0330. The van der Waals surface area contributed by atoms with Gasteiger partial charge in [-0.05, 0) is 37.1 Å². The molecule has 7 heteroatoms. The van der Waals surface area contributed by atoms with Crippen LogP contribution in [-0.2, 0) is 4.79 Å². The van der Waals surface area contributed by atoms with E-state index in [1.165, 1.54) is 25.2 Å². The lowest BCUT2D eigenvalue weighted by Crippen LogP contribution is -2.36. The lowest BCUT2D eigenvalue weighted by atomic mass is 10.1. The van der Waals surface area contributed by atoms with E-state index in [9.17, 15) is 18.0 Å². The van der Waals surface area contributed by atoms with Gasteiger partial charge in [-0.1, -0.05) is 13.8 Å². The summed E-state index contributed by atoms with van der Waals surface area (Å²) in [4.78, 5) is 13.5. The van der Waals surface area contributed by atoms with Crippen molar-refractivity contribution in [3.63, 3.8) is 0 Å². The molecular formula is C18H24F3NO3. The van der Waals surface area contributed by atoms with Crippen molar-refractivity contribution in [1.29, 1.82) is 0 Å². The van der Waals surface area contributed by atoms with Crippen LogP contribution >= 0.6 is 0 Å². The summed E-state index contributed by atoms with van der Waals surface area (Å²) >= 11 is 0. The molecule has 0 radical (unpaired) electrons. The highest BCUT2D eigenvalue weighted by atomic mass is 19.4. The average Bonchev–Trinajstić information content (AvgIpc) is 2.58. The quantitative estimate of drug-likeness (QED) is 0.616. The summed E-state index contributed by atoms with van der Waals surface area (Å²) in [6.45, 7) is 4.41. The van der Waals surface area contributed by atoms with Crippen LogP contribution < -0.4 is 9.47 Å². The second-order valence-corrected chi connectivity index (χ2v) is 5.45. The van der Waals surface area contributed by atoms with Gasteiger partial charge in [-0.15, -0.1) is 0 Å². The summed E-state index contributed by atoms with van der Waals surface area (Å²) in [5, 5.41) is 0. The van der Waals surface area contributed by atoms with E-state index < -0.39 is 12.0 Å². The number of alkyl halides is 3. The summed E-state index contributed by atoms with van der Waals surface area (Å²) in [6, 6.07) is 4.76. The topological polar surface area (TPSA) is 38.8 Å². The fourth-order valence-corrected chi connectivity index (χ4v) is 2.44. The smallest absolute Gasteiger partial charge is 0.456 e. The summed E-state index contributed by atoms with van der Waals surface area (Å²) in [7, 11) is 2.87. The maximum atomic E-state index is 13.1. The standard InChI is InChI=1S/C18H24F3NO3/c1-5-9-22(10-6-2)15(17(23)18(19,20)21)12-13-11-14(24-3)7-8-16(13)25-4/h7-8,11-12H,5-6,9-10H2,1-4H3/b15-12+. The number of ketones is 1. The maximum absolute atomic E-state index is 13.1. The van der Waals surface area contributed by atoms with Crippen LogP contribution in [0.5, 0.6) is 11.5 Å². The largest absolute Gasteiger partial charge is 0.497 e. The van der Waals surface area contributed by atoms with Crippen LogP contribution in [0.15, 0.2) is 23.9 Å². The van der Waals surface area contributed by atoms with Gasteiger partial charge in [-0.3, -0.25) is 4.79 Å². The molecule has 0 aliphatic rings. The van der Waals surface area contributed by atoms with Crippen molar-refractivity contribution >= 4 is 11.9 Å². The number of benzene rings is 1. The number of ether oxygens (including phenoxy) is 2. The Morgan fingerprint density at radius 3 is 2.16 bits per heavy atom. The summed E-state index contributed by atoms with van der Waals surface area (Å²) in [5.74, 6) is -1.04. The first-order valence-electron chi connectivity index (χ1n) is 8.08. The Kier molecular flexibility index (Phi) is 7.80. The normalized spacial score (nSPS) is 12.0. The summed E-state index contributed by atoms with van der Waals surface area (Å²) in [6.07, 6.45) is -2.48. The van der Waals surface area contributed by atoms with Gasteiger partial charge in [0.25, 0.3) is 5.78 Å². The fraction of sp³-hybridized carbons (Fsp3) is 0.500. The number of hydrogen-bond donors (Lipinski definition) is 0. The molecule has 0 bridgehead atoms. The molecule has 0 saturated heterocycles. The zero-order valence-corrected chi connectivity index (χ0v) is 14.9. The fourth-order valence-electron chi connectivity index (χ4n) is 2.44. The van der Waals surface area contributed by atoms with Crippen LogP contribution in [0, 0.1) is 0 Å². The molecule has 140 valence electrons. The number of nitrogens with zero attached hydrogens (tertiary/aromatic N) is 1. The second kappa shape index (κ2) is 9.34. The zero-order chi connectivity index (χ0) is 19.0. The molecule has 0 spiro atoms. The minimum absolute atomic E-state index is 0.353. The number of methoxy groups -OCH3 is 2. The van der Waals surface area contributed by atoms with Crippen LogP contribution in [-0.4, -0.2) is 44.2 Å². The minimum Gasteiger partial charge on any atom is -0.497 e. The molecule has 0 fully saturated rings. The van der Waals surface area contributed by atoms with Crippen molar-refractivity contribution < 1.29 is 27.4 Å². The van der Waals surface area contributed by atoms with Crippen molar-refractivity contribution in [2.75, 3.05) is 27.3 Å². The van der Waals surface area contributed by atoms with Crippen LogP contribution in [0.1, 0.15) is 32.3 Å². The van der Waals surface area contributed by atoms with Crippen molar-refractivity contribution in [3.8, 4) is 11.5 Å². The van der Waals surface area contributed by atoms with Gasteiger partial charge in [-0.25, -0.2) is 0 Å². The minimum atomic E-state index is -4.95. The van der Waals surface area contributed by atoms with Gasteiger partial charge in [0.05, 0.1) is 19.9 Å². The maximum Gasteiger partial charge on any atom is 0.456 e. The number of carbonyl (C=O) groups excluding carboxylic acids is 1. The Morgan fingerprint density at radius 1 is 1.12 bits per heavy atom. The van der Waals surface area contributed by atoms with Crippen molar-refractivity contribution in [2.45, 2.75) is 32.9 Å². The molecule has 1 aromatic carbocycles. The molecule has 0 amide bonds. The van der Waals surface area contributed by atoms with E-state index in [1.807, 2.05) is 13.8 Å². The Bertz CT molecular complexity index is 606. The Labute approximate surface area is 146 Å². The molecule has 0 aliphatic heterocycles. The molecule has 1 rings (SSSR count). The Morgan fingerprint density at radius 2 is 1.72 bits per heavy atom. The van der Waals surface area contributed by atoms with E-state index in [0.29, 0.717) is 43.0 Å². The summed E-state index contributed by atoms with van der Waals surface area (Å²) < 4.78 is 49.6. The first-order valence-corrected chi connectivity index (χ1v) is 8.08. The van der Waals surface area contributed by atoms with Gasteiger partial charge >= 0.3 is 6.18 Å². The highest BCUT2D eigenvalue weighted by molar-refractivity contribution is 6.03. The SMILES string of the molecule is CCCN(CCC)/C(=C/c1cc(OC)ccc1OC)C(=O)C(F)(F)F. The third-order valence-electron chi connectivity index (χ3n) is 3.55. The number of halogens is 3. The first kappa shape index (κ1) is 20.9. The number of hydrogen-bond acceptors (Lipinski definition) is 4. The predicted octanol–water partition coefficient (Wildman–Crippen LogP) is 4.30. The second-order valence-electron chi connectivity index (χ2n) is 5.45. The highest BCUT2D eigenvalue weighted by Gasteiger charge is 2.42. The zero-order valence-electron chi connectivity index (χ0n) is 14.9. The van der Waals surface area contributed by atoms with Gasteiger partial charge in [0, 0.05) is 18.7 Å². The number of allylic oxidation sites excluding steroid dienone is 1. The number of rotatable bonds is 9. The molecule has 0 atom stereocenters. The van der Waals surface area contributed by atoms with Gasteiger partial charge in [0.15, 0.2) is 0 Å². The first-order chi connectivity index (χ1) is 11.8. The predicted molar refractivity (Wildman–Crippen MR) is 90.7 cm³/mol. The van der Waals surface area contributed by atoms with Gasteiger partial charge in [0.1, 0.15) is 11.5 Å². The monoisotopic (exact) mass is 359 g/mol. The Hall–Kier alpha value is -2.18. The lowest BCUT2D eigenvalue weighted by Gasteiger charge is -2.26. The van der Waals surface area contributed by atoms with E-state index >= 15 is 0 Å². The molecule has 0 unspecified atom stereocenters. The molecule has 0 aromatic heterocycles. The van der Waals surface area contributed by atoms with E-state index in [1.54, 1.807) is 18.2 Å². The molecule has 25 heavy (non-hydrogen) atoms. The Balaban J connectivity index is 3.49. The molecule has 0 saturated carbocycles. The van der Waals surface area contributed by atoms with Crippen molar-refractivity contribution in [2.24, 2.45) is 0 Å². The van der Waals surface area contributed by atoms with Gasteiger partial charge in [0.2, 0.25) is 0 Å². The molecule has 4 nitrogen and oxygen atoms in total. The van der Waals surface area contributed by atoms with Crippen LogP contribution in [0.3, 0.4) is 0 Å². The molecule has 0 heterocycles. The number of Topliss-reactive ketones (excluding diaryl/α,β-unsaturated/α-hetero) is 1. The molecule has 0 N–H and O–H groups in total. The molecule has 1 aromatic rings. The number of carbonyl (C=O) groups is 1.